The number of benzene rings is 2. The second-order valence-corrected chi connectivity index (χ2v) is 9.05. The number of ketones is 1. The lowest BCUT2D eigenvalue weighted by atomic mass is 9.84. The quantitative estimate of drug-likeness (QED) is 0.533. The molecule has 7 heteroatoms. The van der Waals surface area contributed by atoms with Gasteiger partial charge in [-0.1, -0.05) is 30.3 Å². The average molecular weight is 453 g/mol. The Labute approximate surface area is 190 Å². The summed E-state index contributed by atoms with van der Waals surface area (Å²) in [7, 11) is 1.36. The molecule has 1 aliphatic carbocycles. The third-order valence-electron chi connectivity index (χ3n) is 6.87. The largest absolute Gasteiger partial charge is 0.465 e. The van der Waals surface area contributed by atoms with Gasteiger partial charge in [0.05, 0.1) is 19.2 Å². The average Bonchev–Trinajstić information content (AvgIpc) is 3.32. The van der Waals surface area contributed by atoms with Crippen molar-refractivity contribution >= 4 is 22.7 Å². The number of esters is 1. The van der Waals surface area contributed by atoms with Crippen LogP contribution in [0.3, 0.4) is 0 Å². The number of methoxy groups -OCH3 is 1. The van der Waals surface area contributed by atoms with Crippen LogP contribution in [0, 0.1) is 5.92 Å². The zero-order valence-corrected chi connectivity index (χ0v) is 18.5. The Balaban J connectivity index is 1.44. The highest BCUT2D eigenvalue weighted by Gasteiger charge is 2.41. The van der Waals surface area contributed by atoms with Gasteiger partial charge in [0.25, 0.3) is 5.92 Å². The van der Waals surface area contributed by atoms with E-state index >= 15 is 0 Å². The Hall–Kier alpha value is -3.06. The molecular formula is C26H26F2N2O3. The van der Waals surface area contributed by atoms with E-state index in [2.05, 4.69) is 4.57 Å². The molecule has 0 amide bonds. The zero-order valence-electron chi connectivity index (χ0n) is 18.5. The summed E-state index contributed by atoms with van der Waals surface area (Å²) in [4.78, 5) is 27.0. The molecule has 1 fully saturated rings. The maximum Gasteiger partial charge on any atom is 0.337 e. The van der Waals surface area contributed by atoms with E-state index in [4.69, 9.17) is 4.74 Å². The Morgan fingerprint density at radius 2 is 1.91 bits per heavy atom. The summed E-state index contributed by atoms with van der Waals surface area (Å²) in [5.41, 5.74) is 4.23. The number of carbonyl (C=O) groups is 2. The lowest BCUT2D eigenvalue weighted by Gasteiger charge is -2.27. The minimum atomic E-state index is -2.65. The first-order chi connectivity index (χ1) is 15.9. The fourth-order valence-corrected chi connectivity index (χ4v) is 5.21. The van der Waals surface area contributed by atoms with E-state index in [1.807, 2.05) is 36.4 Å². The summed E-state index contributed by atoms with van der Waals surface area (Å²) in [5, 5.41) is 0.917. The molecule has 1 atom stereocenters. The highest BCUT2D eigenvalue weighted by atomic mass is 19.3. The van der Waals surface area contributed by atoms with Gasteiger partial charge in [0, 0.05) is 54.1 Å². The topological polar surface area (TPSA) is 51.5 Å². The number of hydrogen-bond acceptors (Lipinski definition) is 4. The van der Waals surface area contributed by atoms with Gasteiger partial charge in [-0.05, 0) is 36.6 Å². The van der Waals surface area contributed by atoms with Crippen molar-refractivity contribution in [2.24, 2.45) is 5.92 Å². The fourth-order valence-electron chi connectivity index (χ4n) is 5.21. The maximum atomic E-state index is 13.6. The molecule has 0 N–H and O–H groups in total. The highest BCUT2D eigenvalue weighted by Crippen LogP contribution is 2.36. The molecule has 1 unspecified atom stereocenters. The van der Waals surface area contributed by atoms with Crippen LogP contribution >= 0.6 is 0 Å². The molecule has 1 saturated heterocycles. The lowest BCUT2D eigenvalue weighted by molar-refractivity contribution is 0.0106. The van der Waals surface area contributed by atoms with Gasteiger partial charge in [-0.2, -0.15) is 0 Å². The number of likely N-dealkylation sites (tertiary alicyclic amines) is 1. The minimum Gasteiger partial charge on any atom is -0.465 e. The van der Waals surface area contributed by atoms with E-state index in [9.17, 15) is 18.4 Å². The number of alkyl halides is 2. The number of nitrogens with zero attached hydrogens (tertiary/aromatic N) is 2. The van der Waals surface area contributed by atoms with E-state index in [-0.39, 0.29) is 30.6 Å². The second kappa shape index (κ2) is 8.37. The SMILES string of the molecule is COC(=O)c1ccc(Cn2c3c(c4ccccc42)C(=O)C(CN2CCC(F)(F)C2)CC3)cc1. The number of hydrogen-bond donors (Lipinski definition) is 0. The van der Waals surface area contributed by atoms with Gasteiger partial charge in [0.1, 0.15) is 0 Å². The first-order valence-corrected chi connectivity index (χ1v) is 11.3. The Morgan fingerprint density at radius 3 is 2.61 bits per heavy atom. The van der Waals surface area contributed by atoms with Crippen molar-refractivity contribution in [2.75, 3.05) is 26.7 Å². The van der Waals surface area contributed by atoms with Crippen LogP contribution in [-0.4, -0.2) is 53.9 Å². The first-order valence-electron chi connectivity index (χ1n) is 11.3. The van der Waals surface area contributed by atoms with Crippen molar-refractivity contribution in [3.63, 3.8) is 0 Å². The summed E-state index contributed by atoms with van der Waals surface area (Å²) in [6.07, 6.45) is 1.25. The standard InChI is InChI=1S/C26H26F2N2O3/c1-33-25(32)18-8-6-17(7-9-18)14-30-21-5-3-2-4-20(21)23-22(30)11-10-19(24(23)31)15-29-13-12-26(27,28)16-29/h2-9,19H,10-16H2,1H3. The first kappa shape index (κ1) is 21.8. The highest BCUT2D eigenvalue weighted by molar-refractivity contribution is 6.11. The van der Waals surface area contributed by atoms with E-state index in [0.29, 0.717) is 31.6 Å². The monoisotopic (exact) mass is 452 g/mol. The van der Waals surface area contributed by atoms with Gasteiger partial charge in [-0.15, -0.1) is 0 Å². The Morgan fingerprint density at radius 1 is 1.15 bits per heavy atom. The van der Waals surface area contributed by atoms with Crippen LogP contribution in [0.4, 0.5) is 8.78 Å². The van der Waals surface area contributed by atoms with Crippen LogP contribution in [0.25, 0.3) is 10.9 Å². The molecular weight excluding hydrogens is 426 g/mol. The molecule has 5 nitrogen and oxygen atoms in total. The lowest BCUT2D eigenvalue weighted by Crippen LogP contribution is -2.36. The maximum absolute atomic E-state index is 13.6. The number of halogens is 2. The number of ether oxygens (including phenoxy) is 1. The van der Waals surface area contributed by atoms with Gasteiger partial charge < -0.3 is 9.30 Å². The van der Waals surface area contributed by atoms with E-state index in [0.717, 1.165) is 34.1 Å². The van der Waals surface area contributed by atoms with Crippen molar-refractivity contribution in [1.82, 2.24) is 9.47 Å². The molecule has 0 saturated carbocycles. The predicted octanol–water partition coefficient (Wildman–Crippen LogP) is 4.56. The minimum absolute atomic E-state index is 0.0578. The van der Waals surface area contributed by atoms with Gasteiger partial charge in [0.15, 0.2) is 5.78 Å². The van der Waals surface area contributed by atoms with Crippen molar-refractivity contribution < 1.29 is 23.1 Å². The predicted molar refractivity (Wildman–Crippen MR) is 121 cm³/mol. The summed E-state index contributed by atoms with van der Waals surface area (Å²) >= 11 is 0. The van der Waals surface area contributed by atoms with Crippen molar-refractivity contribution in [3.8, 4) is 0 Å². The summed E-state index contributed by atoms with van der Waals surface area (Å²) in [6, 6.07) is 15.1. The van der Waals surface area contributed by atoms with Gasteiger partial charge >= 0.3 is 5.97 Å². The molecule has 2 aliphatic rings. The number of rotatable bonds is 5. The van der Waals surface area contributed by atoms with E-state index in [1.54, 1.807) is 17.0 Å². The van der Waals surface area contributed by atoms with E-state index in [1.165, 1.54) is 7.11 Å². The smallest absolute Gasteiger partial charge is 0.337 e. The number of fused-ring (bicyclic) bond motifs is 3. The molecule has 0 spiro atoms. The van der Waals surface area contributed by atoms with Crippen molar-refractivity contribution in [1.29, 1.82) is 0 Å². The van der Waals surface area contributed by atoms with Crippen molar-refractivity contribution in [3.05, 3.63) is 70.9 Å². The Bertz CT molecular complexity index is 1220. The molecule has 172 valence electrons. The second-order valence-electron chi connectivity index (χ2n) is 9.05. The zero-order chi connectivity index (χ0) is 23.2. The van der Waals surface area contributed by atoms with Gasteiger partial charge in [-0.3, -0.25) is 9.69 Å². The Kier molecular flexibility index (Phi) is 5.52. The molecule has 0 radical (unpaired) electrons. The molecule has 0 bridgehead atoms. The molecule has 1 aliphatic heterocycles. The van der Waals surface area contributed by atoms with E-state index < -0.39 is 5.92 Å². The van der Waals surface area contributed by atoms with Gasteiger partial charge in [-0.25, -0.2) is 13.6 Å². The summed E-state index contributed by atoms with van der Waals surface area (Å²) in [6.45, 7) is 1.05. The van der Waals surface area contributed by atoms with Crippen LogP contribution in [0.15, 0.2) is 48.5 Å². The number of carbonyl (C=O) groups excluding carboxylic acids is 2. The third kappa shape index (κ3) is 4.06. The molecule has 1 aromatic heterocycles. The summed E-state index contributed by atoms with van der Waals surface area (Å²) < 4.78 is 34.2. The van der Waals surface area contributed by atoms with Gasteiger partial charge in [0.2, 0.25) is 0 Å². The molecule has 2 heterocycles. The number of aromatic nitrogens is 1. The van der Waals surface area contributed by atoms with Crippen LogP contribution in [0.5, 0.6) is 0 Å². The van der Waals surface area contributed by atoms with Crippen molar-refractivity contribution in [2.45, 2.75) is 31.7 Å². The number of Topliss-reactive ketones (excluding diaryl/α,β-unsaturated/α-hetero) is 1. The van der Waals surface area contributed by atoms with Crippen LogP contribution in [0.1, 0.15) is 44.8 Å². The molecule has 2 aromatic carbocycles. The molecule has 5 rings (SSSR count). The number of para-hydroxylation sites is 1. The van der Waals surface area contributed by atoms with Crippen LogP contribution < -0.4 is 0 Å². The summed E-state index contributed by atoms with van der Waals surface area (Å²) in [5.74, 6) is -3.23. The fraction of sp³-hybridized carbons (Fsp3) is 0.385. The molecule has 3 aromatic rings. The normalized spacial score (nSPS) is 20.2. The van der Waals surface area contributed by atoms with Crippen LogP contribution in [0.2, 0.25) is 0 Å². The third-order valence-corrected chi connectivity index (χ3v) is 6.87. The van der Waals surface area contributed by atoms with Crippen LogP contribution in [-0.2, 0) is 17.7 Å². The molecule has 33 heavy (non-hydrogen) atoms.